The number of hydrogen-bond donors (Lipinski definition) is 3. The van der Waals surface area contributed by atoms with Crippen LogP contribution in [-0.4, -0.2) is 33.5 Å². The van der Waals surface area contributed by atoms with Gasteiger partial charge in [-0.3, -0.25) is 9.59 Å². The summed E-state index contributed by atoms with van der Waals surface area (Å²) in [4.78, 5) is 27.4. The van der Waals surface area contributed by atoms with Gasteiger partial charge in [-0.2, -0.15) is 0 Å². The van der Waals surface area contributed by atoms with Crippen LogP contribution in [0.1, 0.15) is 18.5 Å². The Bertz CT molecular complexity index is 310. The third-order valence-electron chi connectivity index (χ3n) is 2.03. The van der Waals surface area contributed by atoms with Crippen molar-refractivity contribution in [1.29, 1.82) is 0 Å². The topological polar surface area (TPSA) is 95.1 Å². The lowest BCUT2D eigenvalue weighted by molar-refractivity contribution is -0.137. The predicted molar refractivity (Wildman–Crippen MR) is 52.1 cm³/mol. The van der Waals surface area contributed by atoms with Crippen LogP contribution in [0.4, 0.5) is 0 Å². The van der Waals surface area contributed by atoms with Gasteiger partial charge >= 0.3 is 5.97 Å². The van der Waals surface area contributed by atoms with E-state index in [9.17, 15) is 9.59 Å². The predicted octanol–water partition coefficient (Wildman–Crippen LogP) is -0.0684. The molecule has 1 unspecified atom stereocenters. The number of hydrogen-bond acceptors (Lipinski definition) is 3. The Morgan fingerprint density at radius 1 is 1.73 bits per heavy atom. The fourth-order valence-corrected chi connectivity index (χ4v) is 1.30. The summed E-state index contributed by atoms with van der Waals surface area (Å²) in [7, 11) is 0. The Kier molecular flexibility index (Phi) is 4.33. The molecule has 0 spiro atoms. The number of aromatic nitrogens is 2. The molecule has 0 aliphatic heterocycles. The van der Waals surface area contributed by atoms with E-state index < -0.39 is 5.97 Å². The molecule has 0 saturated carbocycles. The van der Waals surface area contributed by atoms with Crippen LogP contribution in [0.15, 0.2) is 12.5 Å². The summed E-state index contributed by atoms with van der Waals surface area (Å²) in [5.41, 5.74) is 0.875. The maximum atomic E-state index is 10.4. The molecule has 82 valence electrons. The van der Waals surface area contributed by atoms with Crippen molar-refractivity contribution in [3.63, 3.8) is 0 Å². The van der Waals surface area contributed by atoms with Gasteiger partial charge in [-0.25, -0.2) is 4.98 Å². The molecular formula is C9H13N3O3. The van der Waals surface area contributed by atoms with Crippen molar-refractivity contribution >= 4 is 12.4 Å². The largest absolute Gasteiger partial charge is 0.481 e. The van der Waals surface area contributed by atoms with Crippen LogP contribution < -0.4 is 5.32 Å². The minimum Gasteiger partial charge on any atom is -0.481 e. The number of carbonyl (C=O) groups excluding carboxylic acids is 1. The van der Waals surface area contributed by atoms with Crippen molar-refractivity contribution in [3.05, 3.63) is 18.2 Å². The maximum Gasteiger partial charge on any atom is 0.303 e. The highest BCUT2D eigenvalue weighted by Gasteiger charge is 2.11. The Morgan fingerprint density at radius 3 is 3.07 bits per heavy atom. The van der Waals surface area contributed by atoms with E-state index >= 15 is 0 Å². The number of carboxylic acids is 1. The van der Waals surface area contributed by atoms with Gasteiger partial charge in [0.2, 0.25) is 6.41 Å². The third kappa shape index (κ3) is 4.26. The second-order valence-corrected chi connectivity index (χ2v) is 3.19. The van der Waals surface area contributed by atoms with Crippen molar-refractivity contribution in [2.24, 2.45) is 0 Å². The Balaban J connectivity index is 2.42. The summed E-state index contributed by atoms with van der Waals surface area (Å²) in [5, 5.41) is 11.1. The molecule has 15 heavy (non-hydrogen) atoms. The lowest BCUT2D eigenvalue weighted by Crippen LogP contribution is -2.30. The van der Waals surface area contributed by atoms with E-state index in [0.717, 1.165) is 5.69 Å². The number of nitrogens with one attached hydrogen (secondary N) is 2. The lowest BCUT2D eigenvalue weighted by Gasteiger charge is -2.13. The molecule has 0 aromatic carbocycles. The minimum atomic E-state index is -0.864. The van der Waals surface area contributed by atoms with E-state index in [1.807, 2.05) is 0 Å². The van der Waals surface area contributed by atoms with E-state index in [-0.39, 0.29) is 12.5 Å². The maximum absolute atomic E-state index is 10.4. The SMILES string of the molecule is O=CNC(CCC(=O)O)Cc1cnc[nH]1. The molecule has 0 bridgehead atoms. The van der Waals surface area contributed by atoms with Gasteiger partial charge in [-0.15, -0.1) is 0 Å². The second kappa shape index (κ2) is 5.79. The van der Waals surface area contributed by atoms with Crippen LogP contribution in [-0.2, 0) is 16.0 Å². The van der Waals surface area contributed by atoms with E-state index in [4.69, 9.17) is 5.11 Å². The molecular weight excluding hydrogens is 198 g/mol. The summed E-state index contributed by atoms with van der Waals surface area (Å²) in [5.74, 6) is -0.864. The first-order valence-corrected chi connectivity index (χ1v) is 4.61. The first-order valence-electron chi connectivity index (χ1n) is 4.61. The Morgan fingerprint density at radius 2 is 2.53 bits per heavy atom. The molecule has 0 aliphatic carbocycles. The number of carbonyl (C=O) groups is 2. The van der Waals surface area contributed by atoms with E-state index in [2.05, 4.69) is 15.3 Å². The van der Waals surface area contributed by atoms with E-state index in [1.54, 1.807) is 12.5 Å². The molecule has 1 rings (SSSR count). The van der Waals surface area contributed by atoms with Crippen LogP contribution in [0.5, 0.6) is 0 Å². The fraction of sp³-hybridized carbons (Fsp3) is 0.444. The van der Waals surface area contributed by atoms with Gasteiger partial charge in [0.25, 0.3) is 0 Å². The quantitative estimate of drug-likeness (QED) is 0.550. The van der Waals surface area contributed by atoms with Crippen molar-refractivity contribution in [2.45, 2.75) is 25.3 Å². The van der Waals surface area contributed by atoms with Gasteiger partial charge in [0.05, 0.1) is 6.33 Å². The van der Waals surface area contributed by atoms with Crippen molar-refractivity contribution in [3.8, 4) is 0 Å². The average Bonchev–Trinajstić information content (AvgIpc) is 2.67. The third-order valence-corrected chi connectivity index (χ3v) is 2.03. The van der Waals surface area contributed by atoms with Gasteiger partial charge in [-0.1, -0.05) is 0 Å². The van der Waals surface area contributed by atoms with Crippen LogP contribution >= 0.6 is 0 Å². The van der Waals surface area contributed by atoms with Crippen molar-refractivity contribution in [1.82, 2.24) is 15.3 Å². The highest BCUT2D eigenvalue weighted by molar-refractivity contribution is 5.66. The minimum absolute atomic E-state index is 0.0413. The summed E-state index contributed by atoms with van der Waals surface area (Å²) < 4.78 is 0. The summed E-state index contributed by atoms with van der Waals surface area (Å²) >= 11 is 0. The molecule has 0 aliphatic rings. The number of aliphatic carboxylic acids is 1. The second-order valence-electron chi connectivity index (χ2n) is 3.19. The van der Waals surface area contributed by atoms with Crippen molar-refractivity contribution < 1.29 is 14.7 Å². The smallest absolute Gasteiger partial charge is 0.303 e. The summed E-state index contributed by atoms with van der Waals surface area (Å²) in [6.45, 7) is 0. The zero-order valence-electron chi connectivity index (χ0n) is 8.14. The van der Waals surface area contributed by atoms with Crippen molar-refractivity contribution in [2.75, 3.05) is 0 Å². The Hall–Kier alpha value is -1.85. The standard InChI is InChI=1S/C9H13N3O3/c13-6-12-7(1-2-9(14)15)3-8-4-10-5-11-8/h4-7H,1-3H2,(H,10,11)(H,12,13)(H,14,15). The highest BCUT2D eigenvalue weighted by Crippen LogP contribution is 2.04. The molecule has 0 radical (unpaired) electrons. The van der Waals surface area contributed by atoms with Gasteiger partial charge < -0.3 is 15.4 Å². The zero-order valence-corrected chi connectivity index (χ0v) is 8.14. The number of rotatable bonds is 7. The molecule has 0 fully saturated rings. The molecule has 1 atom stereocenters. The summed E-state index contributed by atoms with van der Waals surface area (Å²) in [6, 6.07) is -0.168. The molecule has 3 N–H and O–H groups in total. The summed E-state index contributed by atoms with van der Waals surface area (Å²) in [6.07, 6.45) is 4.80. The highest BCUT2D eigenvalue weighted by atomic mass is 16.4. The van der Waals surface area contributed by atoms with Gasteiger partial charge in [0, 0.05) is 30.8 Å². The van der Waals surface area contributed by atoms with Gasteiger partial charge in [-0.05, 0) is 6.42 Å². The van der Waals surface area contributed by atoms with Crippen LogP contribution in [0.2, 0.25) is 0 Å². The number of amides is 1. The number of imidazole rings is 1. The average molecular weight is 211 g/mol. The first-order chi connectivity index (χ1) is 7.22. The molecule has 1 heterocycles. The van der Waals surface area contributed by atoms with Crippen LogP contribution in [0.25, 0.3) is 0 Å². The zero-order chi connectivity index (χ0) is 11.1. The fourth-order valence-electron chi connectivity index (χ4n) is 1.30. The number of nitrogens with zero attached hydrogens (tertiary/aromatic N) is 1. The normalized spacial score (nSPS) is 12.0. The molecule has 6 heteroatoms. The van der Waals surface area contributed by atoms with E-state index in [1.165, 1.54) is 0 Å². The molecule has 0 saturated heterocycles. The van der Waals surface area contributed by atoms with Gasteiger partial charge in [0.15, 0.2) is 0 Å². The van der Waals surface area contributed by atoms with Crippen LogP contribution in [0.3, 0.4) is 0 Å². The molecule has 6 nitrogen and oxygen atoms in total. The molecule has 1 aromatic heterocycles. The molecule has 1 amide bonds. The molecule has 1 aromatic rings. The number of aromatic amines is 1. The Labute approximate surface area is 86.7 Å². The van der Waals surface area contributed by atoms with Gasteiger partial charge in [0.1, 0.15) is 0 Å². The monoisotopic (exact) mass is 211 g/mol. The first kappa shape index (κ1) is 11.2. The van der Waals surface area contributed by atoms with E-state index in [0.29, 0.717) is 19.3 Å². The number of carboxylic acid groups (broad SMARTS) is 1. The number of H-pyrrole nitrogens is 1. The lowest BCUT2D eigenvalue weighted by atomic mass is 10.1. The van der Waals surface area contributed by atoms with Crippen LogP contribution in [0, 0.1) is 0 Å².